The number of thioether (sulfide) groups is 1. The Balaban J connectivity index is 2.02. The Morgan fingerprint density at radius 2 is 1.57 bits per heavy atom. The number of hydrogen-bond acceptors (Lipinski definition) is 4. The molecule has 3 rings (SSSR count). The minimum absolute atomic E-state index is 0.263. The first-order valence-electron chi connectivity index (χ1n) is 8.52. The van der Waals surface area contributed by atoms with Crippen molar-refractivity contribution in [1.82, 2.24) is 9.55 Å². The van der Waals surface area contributed by atoms with Gasteiger partial charge in [-0.25, -0.2) is 4.98 Å². The van der Waals surface area contributed by atoms with Gasteiger partial charge in [-0.3, -0.25) is 4.57 Å². The van der Waals surface area contributed by atoms with Crippen molar-refractivity contribution in [3.8, 4) is 28.4 Å². The van der Waals surface area contributed by atoms with Crippen LogP contribution in [0.4, 0.5) is 13.2 Å². The fraction of sp³-hybridized carbons (Fsp3) is 0.250. The average Bonchev–Trinajstić information content (AvgIpc) is 3.04. The SMILES string of the molecule is COc1ccc(-c2cnc(SC(C)C)n2-c2ccc(OC(F)(F)F)cc2)cc1. The molecule has 0 saturated carbocycles. The van der Waals surface area contributed by atoms with Crippen LogP contribution in [0.2, 0.25) is 0 Å². The van der Waals surface area contributed by atoms with Crippen LogP contribution in [0, 0.1) is 0 Å². The van der Waals surface area contributed by atoms with Gasteiger partial charge in [0.25, 0.3) is 0 Å². The van der Waals surface area contributed by atoms with E-state index in [2.05, 4.69) is 23.6 Å². The summed E-state index contributed by atoms with van der Waals surface area (Å²) in [6.45, 7) is 4.11. The second-order valence-corrected chi connectivity index (χ2v) is 7.74. The minimum Gasteiger partial charge on any atom is -0.497 e. The van der Waals surface area contributed by atoms with Crippen LogP contribution < -0.4 is 9.47 Å². The van der Waals surface area contributed by atoms with Gasteiger partial charge < -0.3 is 9.47 Å². The summed E-state index contributed by atoms with van der Waals surface area (Å²) in [6.07, 6.45) is -2.96. The molecule has 0 fully saturated rings. The van der Waals surface area contributed by atoms with E-state index in [0.717, 1.165) is 22.2 Å². The minimum atomic E-state index is -4.72. The standard InChI is InChI=1S/C20H19F3N2O2S/c1-13(2)28-19-24-12-18(14-4-8-16(26-3)9-5-14)25(19)15-6-10-17(11-7-15)27-20(21,22)23/h4-13H,1-3H3. The Labute approximate surface area is 165 Å². The average molecular weight is 408 g/mol. The lowest BCUT2D eigenvalue weighted by molar-refractivity contribution is -0.274. The summed E-state index contributed by atoms with van der Waals surface area (Å²) in [4.78, 5) is 4.52. The summed E-state index contributed by atoms with van der Waals surface area (Å²) in [5.41, 5.74) is 2.44. The molecule has 0 amide bonds. The fourth-order valence-corrected chi connectivity index (χ4v) is 3.49. The molecule has 1 aromatic heterocycles. The number of nitrogens with zero attached hydrogens (tertiary/aromatic N) is 2. The molecule has 3 aromatic rings. The highest BCUT2D eigenvalue weighted by Crippen LogP contribution is 2.33. The second kappa shape index (κ2) is 8.18. The molecule has 0 aliphatic rings. The van der Waals surface area contributed by atoms with E-state index in [1.807, 2.05) is 28.8 Å². The molecule has 0 N–H and O–H groups in total. The van der Waals surface area contributed by atoms with Crippen molar-refractivity contribution in [3.63, 3.8) is 0 Å². The van der Waals surface area contributed by atoms with Gasteiger partial charge in [0.2, 0.25) is 0 Å². The van der Waals surface area contributed by atoms with Crippen molar-refractivity contribution in [2.24, 2.45) is 0 Å². The maximum absolute atomic E-state index is 12.4. The Kier molecular flexibility index (Phi) is 5.88. The lowest BCUT2D eigenvalue weighted by Crippen LogP contribution is -2.17. The van der Waals surface area contributed by atoms with Crippen LogP contribution in [0.1, 0.15) is 13.8 Å². The number of ether oxygens (including phenoxy) is 2. The highest BCUT2D eigenvalue weighted by Gasteiger charge is 2.31. The van der Waals surface area contributed by atoms with Crippen molar-refractivity contribution in [3.05, 3.63) is 54.7 Å². The lowest BCUT2D eigenvalue weighted by Gasteiger charge is -2.14. The molecular formula is C20H19F3N2O2S. The van der Waals surface area contributed by atoms with E-state index < -0.39 is 6.36 Å². The van der Waals surface area contributed by atoms with Crippen LogP contribution in [0.15, 0.2) is 59.9 Å². The summed E-state index contributed by atoms with van der Waals surface area (Å²) < 4.78 is 48.3. The van der Waals surface area contributed by atoms with Crippen molar-refractivity contribution in [2.75, 3.05) is 7.11 Å². The number of hydrogen-bond donors (Lipinski definition) is 0. The summed E-state index contributed by atoms with van der Waals surface area (Å²) in [5.74, 6) is 0.473. The summed E-state index contributed by atoms with van der Waals surface area (Å²) in [5, 5.41) is 1.04. The predicted molar refractivity (Wildman–Crippen MR) is 103 cm³/mol. The monoisotopic (exact) mass is 408 g/mol. The summed E-state index contributed by atoms with van der Waals surface area (Å²) >= 11 is 1.57. The van der Waals surface area contributed by atoms with Crippen LogP contribution in [0.25, 0.3) is 16.9 Å². The smallest absolute Gasteiger partial charge is 0.497 e. The third-order valence-corrected chi connectivity index (χ3v) is 4.76. The molecule has 0 spiro atoms. The van der Waals surface area contributed by atoms with Crippen molar-refractivity contribution >= 4 is 11.8 Å². The van der Waals surface area contributed by atoms with Gasteiger partial charge in [0.15, 0.2) is 5.16 Å². The van der Waals surface area contributed by atoms with Gasteiger partial charge in [0.05, 0.1) is 19.0 Å². The molecule has 8 heteroatoms. The van der Waals surface area contributed by atoms with E-state index in [4.69, 9.17) is 4.74 Å². The normalized spacial score (nSPS) is 11.7. The molecule has 0 saturated heterocycles. The largest absolute Gasteiger partial charge is 0.573 e. The van der Waals surface area contributed by atoms with Gasteiger partial charge in [0.1, 0.15) is 11.5 Å². The topological polar surface area (TPSA) is 36.3 Å². The van der Waals surface area contributed by atoms with Gasteiger partial charge in [-0.1, -0.05) is 25.6 Å². The van der Waals surface area contributed by atoms with E-state index in [1.165, 1.54) is 12.1 Å². The van der Waals surface area contributed by atoms with Crippen LogP contribution in [-0.2, 0) is 0 Å². The Hall–Kier alpha value is -2.61. The predicted octanol–water partition coefficient (Wildman–Crippen LogP) is 5.95. The molecule has 2 aromatic carbocycles. The third-order valence-electron chi connectivity index (χ3n) is 3.78. The van der Waals surface area contributed by atoms with Crippen molar-refractivity contribution < 1.29 is 22.6 Å². The second-order valence-electron chi connectivity index (χ2n) is 6.20. The molecule has 0 atom stereocenters. The Morgan fingerprint density at radius 3 is 2.11 bits per heavy atom. The van der Waals surface area contributed by atoms with Gasteiger partial charge in [0, 0.05) is 16.5 Å². The molecule has 148 valence electrons. The maximum Gasteiger partial charge on any atom is 0.573 e. The zero-order chi connectivity index (χ0) is 20.3. The first kappa shape index (κ1) is 20.1. The molecule has 0 aliphatic carbocycles. The van der Waals surface area contributed by atoms with E-state index in [0.29, 0.717) is 5.69 Å². The lowest BCUT2D eigenvalue weighted by atomic mass is 10.1. The zero-order valence-electron chi connectivity index (χ0n) is 15.5. The van der Waals surface area contributed by atoms with Crippen LogP contribution in [-0.4, -0.2) is 28.3 Å². The van der Waals surface area contributed by atoms with Crippen LogP contribution >= 0.6 is 11.8 Å². The first-order chi connectivity index (χ1) is 13.3. The zero-order valence-corrected chi connectivity index (χ0v) is 16.3. The molecule has 4 nitrogen and oxygen atoms in total. The number of benzene rings is 2. The van der Waals surface area contributed by atoms with E-state index in [-0.39, 0.29) is 11.0 Å². The highest BCUT2D eigenvalue weighted by atomic mass is 32.2. The van der Waals surface area contributed by atoms with Crippen LogP contribution in [0.5, 0.6) is 11.5 Å². The molecule has 0 aliphatic heterocycles. The first-order valence-corrected chi connectivity index (χ1v) is 9.40. The van der Waals surface area contributed by atoms with Gasteiger partial charge >= 0.3 is 6.36 Å². The maximum atomic E-state index is 12.4. The molecular weight excluding hydrogens is 389 g/mol. The summed E-state index contributed by atoms with van der Waals surface area (Å²) in [6, 6.07) is 13.3. The molecule has 0 unspecified atom stereocenters. The van der Waals surface area contributed by atoms with Crippen LogP contribution in [0.3, 0.4) is 0 Å². The molecule has 0 bridgehead atoms. The number of halogens is 3. The summed E-state index contributed by atoms with van der Waals surface area (Å²) in [7, 11) is 1.60. The molecule has 28 heavy (non-hydrogen) atoms. The van der Waals surface area contributed by atoms with Gasteiger partial charge in [-0.05, 0) is 48.5 Å². The number of alkyl halides is 3. The number of methoxy groups -OCH3 is 1. The fourth-order valence-electron chi connectivity index (χ4n) is 2.64. The third kappa shape index (κ3) is 4.81. The number of imidazole rings is 1. The number of aromatic nitrogens is 2. The molecule has 1 heterocycles. The van der Waals surface area contributed by atoms with E-state index in [9.17, 15) is 13.2 Å². The van der Waals surface area contributed by atoms with E-state index >= 15 is 0 Å². The number of rotatable bonds is 6. The molecule has 0 radical (unpaired) electrons. The quantitative estimate of drug-likeness (QED) is 0.473. The van der Waals surface area contributed by atoms with E-state index in [1.54, 1.807) is 37.2 Å². The van der Waals surface area contributed by atoms with Gasteiger partial charge in [-0.2, -0.15) is 0 Å². The van der Waals surface area contributed by atoms with Gasteiger partial charge in [-0.15, -0.1) is 13.2 Å². The Bertz CT molecular complexity index is 920. The van der Waals surface area contributed by atoms with Crippen molar-refractivity contribution in [2.45, 2.75) is 30.6 Å². The van der Waals surface area contributed by atoms with Crippen molar-refractivity contribution in [1.29, 1.82) is 0 Å². The highest BCUT2D eigenvalue weighted by molar-refractivity contribution is 7.99. The Morgan fingerprint density at radius 1 is 0.964 bits per heavy atom.